The van der Waals surface area contributed by atoms with Gasteiger partial charge in [0.2, 0.25) is 5.91 Å². The summed E-state index contributed by atoms with van der Waals surface area (Å²) >= 11 is 0. The molecule has 2 rings (SSSR count). The van der Waals surface area contributed by atoms with Gasteiger partial charge in [-0.3, -0.25) is 4.79 Å². The third-order valence-electron chi connectivity index (χ3n) is 4.30. The number of amides is 1. The Kier molecular flexibility index (Phi) is 6.72. The number of benzene rings is 1. The number of para-hydroxylation sites is 1. The van der Waals surface area contributed by atoms with Gasteiger partial charge in [0.1, 0.15) is 5.75 Å². The molecule has 1 aromatic carbocycles. The molecule has 1 fully saturated rings. The number of hydrogen-bond acceptors (Lipinski definition) is 3. The number of ether oxygens (including phenoxy) is 1. The standard InChI is InChI=1S/C18H28N2O2/c1-3-22-17-7-5-4-6-16(17)14(2)20-18(21)9-8-15-10-12-19-13-11-15/h4-7,14-15,19H,3,8-13H2,1-2H3,(H,20,21). The lowest BCUT2D eigenvalue weighted by molar-refractivity contribution is -0.122. The zero-order valence-electron chi connectivity index (χ0n) is 13.7. The van der Waals surface area contributed by atoms with Crippen LogP contribution in [0.2, 0.25) is 0 Å². The predicted octanol–water partition coefficient (Wildman–Crippen LogP) is 3.04. The van der Waals surface area contributed by atoms with E-state index in [0.717, 1.165) is 30.8 Å². The van der Waals surface area contributed by atoms with Crippen LogP contribution in [0, 0.1) is 5.92 Å². The summed E-state index contributed by atoms with van der Waals surface area (Å²) in [5.74, 6) is 1.69. The summed E-state index contributed by atoms with van der Waals surface area (Å²) in [6.45, 7) is 6.79. The van der Waals surface area contributed by atoms with Gasteiger partial charge in [-0.15, -0.1) is 0 Å². The Balaban J connectivity index is 1.82. The van der Waals surface area contributed by atoms with Gasteiger partial charge in [-0.2, -0.15) is 0 Å². The van der Waals surface area contributed by atoms with E-state index in [1.165, 1.54) is 12.8 Å². The van der Waals surface area contributed by atoms with E-state index < -0.39 is 0 Å². The second kappa shape index (κ2) is 8.79. The lowest BCUT2D eigenvalue weighted by atomic mass is 9.93. The van der Waals surface area contributed by atoms with Gasteiger partial charge in [-0.1, -0.05) is 18.2 Å². The van der Waals surface area contributed by atoms with Crippen LogP contribution in [-0.4, -0.2) is 25.6 Å². The Morgan fingerprint density at radius 3 is 2.82 bits per heavy atom. The van der Waals surface area contributed by atoms with Crippen molar-refractivity contribution in [2.45, 2.75) is 45.6 Å². The smallest absolute Gasteiger partial charge is 0.220 e. The van der Waals surface area contributed by atoms with Crippen molar-refractivity contribution in [1.82, 2.24) is 10.6 Å². The van der Waals surface area contributed by atoms with Crippen molar-refractivity contribution in [2.75, 3.05) is 19.7 Å². The number of hydrogen-bond donors (Lipinski definition) is 2. The third-order valence-corrected chi connectivity index (χ3v) is 4.30. The van der Waals surface area contributed by atoms with Crippen LogP contribution in [0.5, 0.6) is 5.75 Å². The minimum absolute atomic E-state index is 0.0247. The highest BCUT2D eigenvalue weighted by molar-refractivity contribution is 5.76. The van der Waals surface area contributed by atoms with Gasteiger partial charge in [0.15, 0.2) is 0 Å². The van der Waals surface area contributed by atoms with Gasteiger partial charge in [0.25, 0.3) is 0 Å². The lowest BCUT2D eigenvalue weighted by Gasteiger charge is -2.23. The Morgan fingerprint density at radius 1 is 1.36 bits per heavy atom. The molecule has 0 radical (unpaired) electrons. The summed E-state index contributed by atoms with van der Waals surface area (Å²) in [6, 6.07) is 7.89. The molecule has 1 heterocycles. The number of nitrogens with one attached hydrogen (secondary N) is 2. The highest BCUT2D eigenvalue weighted by Gasteiger charge is 2.17. The summed E-state index contributed by atoms with van der Waals surface area (Å²) in [5.41, 5.74) is 1.04. The first-order valence-electron chi connectivity index (χ1n) is 8.42. The van der Waals surface area contributed by atoms with E-state index in [-0.39, 0.29) is 11.9 Å². The fraction of sp³-hybridized carbons (Fsp3) is 0.611. The van der Waals surface area contributed by atoms with Crippen molar-refractivity contribution in [3.05, 3.63) is 29.8 Å². The van der Waals surface area contributed by atoms with Crippen LogP contribution < -0.4 is 15.4 Å². The van der Waals surface area contributed by atoms with E-state index in [2.05, 4.69) is 10.6 Å². The predicted molar refractivity (Wildman–Crippen MR) is 89.0 cm³/mol. The van der Waals surface area contributed by atoms with Gasteiger partial charge >= 0.3 is 0 Å². The lowest BCUT2D eigenvalue weighted by Crippen LogP contribution is -2.30. The Labute approximate surface area is 133 Å². The van der Waals surface area contributed by atoms with Crippen molar-refractivity contribution in [1.29, 1.82) is 0 Å². The number of rotatable bonds is 7. The average Bonchev–Trinajstić information content (AvgIpc) is 2.55. The van der Waals surface area contributed by atoms with E-state index in [0.29, 0.717) is 18.9 Å². The monoisotopic (exact) mass is 304 g/mol. The molecule has 1 aliphatic rings. The van der Waals surface area contributed by atoms with E-state index in [1.54, 1.807) is 0 Å². The molecular weight excluding hydrogens is 276 g/mol. The zero-order valence-corrected chi connectivity index (χ0v) is 13.7. The number of carbonyl (C=O) groups excluding carboxylic acids is 1. The minimum Gasteiger partial charge on any atom is -0.494 e. The van der Waals surface area contributed by atoms with Gasteiger partial charge in [-0.05, 0) is 58.2 Å². The maximum atomic E-state index is 12.2. The highest BCUT2D eigenvalue weighted by atomic mass is 16.5. The third kappa shape index (κ3) is 5.02. The minimum atomic E-state index is -0.0247. The second-order valence-corrected chi connectivity index (χ2v) is 5.99. The molecule has 122 valence electrons. The second-order valence-electron chi connectivity index (χ2n) is 5.99. The van der Waals surface area contributed by atoms with Crippen LogP contribution >= 0.6 is 0 Å². The average molecular weight is 304 g/mol. The van der Waals surface area contributed by atoms with Crippen LogP contribution in [-0.2, 0) is 4.79 Å². The van der Waals surface area contributed by atoms with Crippen LogP contribution in [0.25, 0.3) is 0 Å². The maximum absolute atomic E-state index is 12.2. The summed E-state index contributed by atoms with van der Waals surface area (Å²) in [7, 11) is 0. The van der Waals surface area contributed by atoms with E-state index in [4.69, 9.17) is 4.74 Å². The first kappa shape index (κ1) is 16.8. The van der Waals surface area contributed by atoms with E-state index in [9.17, 15) is 4.79 Å². The van der Waals surface area contributed by atoms with Gasteiger partial charge < -0.3 is 15.4 Å². The fourth-order valence-electron chi connectivity index (χ4n) is 3.02. The van der Waals surface area contributed by atoms with Crippen molar-refractivity contribution < 1.29 is 9.53 Å². The molecule has 1 aliphatic heterocycles. The molecular formula is C18H28N2O2. The zero-order chi connectivity index (χ0) is 15.8. The summed E-state index contributed by atoms with van der Waals surface area (Å²) in [4.78, 5) is 12.2. The normalized spacial score (nSPS) is 17.0. The molecule has 0 aromatic heterocycles. The van der Waals surface area contributed by atoms with Crippen molar-refractivity contribution in [3.8, 4) is 5.75 Å². The molecule has 1 amide bonds. The fourth-order valence-corrected chi connectivity index (χ4v) is 3.02. The van der Waals surface area contributed by atoms with E-state index in [1.807, 2.05) is 38.1 Å². The molecule has 1 atom stereocenters. The van der Waals surface area contributed by atoms with Crippen LogP contribution in [0.3, 0.4) is 0 Å². The first-order chi connectivity index (χ1) is 10.7. The molecule has 2 N–H and O–H groups in total. The van der Waals surface area contributed by atoms with Gasteiger partial charge in [0.05, 0.1) is 12.6 Å². The largest absolute Gasteiger partial charge is 0.494 e. The first-order valence-corrected chi connectivity index (χ1v) is 8.42. The molecule has 1 aromatic rings. The molecule has 0 saturated carbocycles. The van der Waals surface area contributed by atoms with E-state index >= 15 is 0 Å². The highest BCUT2D eigenvalue weighted by Crippen LogP contribution is 2.25. The van der Waals surface area contributed by atoms with Crippen LogP contribution in [0.4, 0.5) is 0 Å². The summed E-state index contributed by atoms with van der Waals surface area (Å²) in [5, 5.41) is 6.46. The van der Waals surface area contributed by atoms with Crippen molar-refractivity contribution in [3.63, 3.8) is 0 Å². The number of piperidine rings is 1. The molecule has 0 spiro atoms. The molecule has 0 aliphatic carbocycles. The molecule has 1 saturated heterocycles. The summed E-state index contributed by atoms with van der Waals surface area (Å²) in [6.07, 6.45) is 3.99. The van der Waals surface area contributed by atoms with Crippen molar-refractivity contribution >= 4 is 5.91 Å². The maximum Gasteiger partial charge on any atom is 0.220 e. The van der Waals surface area contributed by atoms with Gasteiger partial charge in [0, 0.05) is 12.0 Å². The molecule has 4 nitrogen and oxygen atoms in total. The molecule has 4 heteroatoms. The molecule has 0 bridgehead atoms. The topological polar surface area (TPSA) is 50.4 Å². The number of carbonyl (C=O) groups is 1. The Morgan fingerprint density at radius 2 is 2.09 bits per heavy atom. The van der Waals surface area contributed by atoms with Gasteiger partial charge in [-0.25, -0.2) is 0 Å². The quantitative estimate of drug-likeness (QED) is 0.814. The molecule has 22 heavy (non-hydrogen) atoms. The Hall–Kier alpha value is -1.55. The summed E-state index contributed by atoms with van der Waals surface area (Å²) < 4.78 is 5.64. The van der Waals surface area contributed by atoms with Crippen molar-refractivity contribution in [2.24, 2.45) is 5.92 Å². The molecule has 1 unspecified atom stereocenters. The SMILES string of the molecule is CCOc1ccccc1C(C)NC(=O)CCC1CCNCC1. The van der Waals surface area contributed by atoms with Crippen LogP contribution in [0.15, 0.2) is 24.3 Å². The Bertz CT molecular complexity index is 470. The van der Waals surface area contributed by atoms with Crippen LogP contribution in [0.1, 0.15) is 51.1 Å².